The Morgan fingerprint density at radius 3 is 2.52 bits per heavy atom. The van der Waals surface area contributed by atoms with Gasteiger partial charge in [-0.25, -0.2) is 9.37 Å². The minimum atomic E-state index is -2.31. The molecule has 2 aromatic rings. The van der Waals surface area contributed by atoms with Gasteiger partial charge in [0.05, 0.1) is 38.8 Å². The van der Waals surface area contributed by atoms with Crippen LogP contribution in [0.5, 0.6) is 5.75 Å². The molecule has 58 heavy (non-hydrogen) atoms. The van der Waals surface area contributed by atoms with Crippen molar-refractivity contribution in [2.45, 2.75) is 81.1 Å². The van der Waals surface area contributed by atoms with Gasteiger partial charge in [0, 0.05) is 66.2 Å². The third-order valence-electron chi connectivity index (χ3n) is 14.3. The fraction of sp³-hybridized carbons (Fsp3) is 0.500. The predicted molar refractivity (Wildman–Crippen MR) is 221 cm³/mol. The number of fused-ring (bicyclic) bond motifs is 2. The van der Waals surface area contributed by atoms with E-state index in [-0.39, 0.29) is 18.4 Å². The molecular formula is C46H55N4O8+. The molecule has 8 rings (SSSR count). The predicted octanol–water partition coefficient (Wildman–Crippen LogP) is 4.92. The highest BCUT2D eigenvalue weighted by Crippen LogP contribution is 2.68. The lowest BCUT2D eigenvalue weighted by molar-refractivity contribution is -0.521. The van der Waals surface area contributed by atoms with Gasteiger partial charge in [0.15, 0.2) is 12.6 Å². The Kier molecular flexibility index (Phi) is 9.62. The molecule has 5 heterocycles. The quantitative estimate of drug-likeness (QED) is 0.153. The van der Waals surface area contributed by atoms with E-state index in [0.717, 1.165) is 29.8 Å². The van der Waals surface area contributed by atoms with Crippen molar-refractivity contribution in [3.05, 3.63) is 83.5 Å². The zero-order valence-electron chi connectivity index (χ0n) is 34.7. The van der Waals surface area contributed by atoms with E-state index in [1.807, 2.05) is 65.9 Å². The molecule has 6 aliphatic rings. The average molecular weight is 792 g/mol. The molecule has 1 N–H and O–H groups in total. The highest BCUT2D eigenvalue weighted by molar-refractivity contribution is 6.37. The summed E-state index contributed by atoms with van der Waals surface area (Å²) >= 11 is 0. The number of allylic oxidation sites excluding steroid dienone is 1. The minimum absolute atomic E-state index is 0.132. The minimum Gasteiger partial charge on any atom is -0.496 e. The molecule has 5 aliphatic heterocycles. The van der Waals surface area contributed by atoms with Gasteiger partial charge < -0.3 is 29.0 Å². The van der Waals surface area contributed by atoms with Crippen molar-refractivity contribution in [3.63, 3.8) is 0 Å². The maximum absolute atomic E-state index is 15.2. The second kappa shape index (κ2) is 14.0. The normalized spacial score (nSPS) is 31.6. The Balaban J connectivity index is 1.45. The van der Waals surface area contributed by atoms with Crippen molar-refractivity contribution in [1.82, 2.24) is 4.90 Å². The summed E-state index contributed by atoms with van der Waals surface area (Å²) in [6.45, 7) is 16.9. The summed E-state index contributed by atoms with van der Waals surface area (Å²) in [5.74, 6) is -1.72. The number of hydrogen-bond donors (Lipinski definition) is 1. The molecule has 12 heteroatoms. The fourth-order valence-corrected chi connectivity index (χ4v) is 12.2. The molecule has 0 aromatic heterocycles. The van der Waals surface area contributed by atoms with Crippen molar-refractivity contribution >= 4 is 47.3 Å². The van der Waals surface area contributed by atoms with Gasteiger partial charge in [0.25, 0.3) is 0 Å². The first-order valence-corrected chi connectivity index (χ1v) is 20.3. The van der Waals surface area contributed by atoms with Gasteiger partial charge in [0.1, 0.15) is 24.4 Å². The van der Waals surface area contributed by atoms with Crippen LogP contribution in [0.3, 0.4) is 0 Å². The lowest BCUT2D eigenvalue weighted by Crippen LogP contribution is -2.81. The van der Waals surface area contributed by atoms with E-state index in [4.69, 9.17) is 23.9 Å². The molecule has 1 saturated carbocycles. The number of carbonyl (C=O) groups is 3. The highest BCUT2D eigenvalue weighted by Gasteiger charge is 2.80. The summed E-state index contributed by atoms with van der Waals surface area (Å²) in [5.41, 5.74) is 0.243. The molecule has 8 atom stereocenters. The molecule has 0 amide bonds. The van der Waals surface area contributed by atoms with Crippen LogP contribution < -0.4 is 9.64 Å². The Hall–Kier alpha value is -5.07. The molecule has 12 nitrogen and oxygen atoms in total. The van der Waals surface area contributed by atoms with E-state index in [9.17, 15) is 14.7 Å². The summed E-state index contributed by atoms with van der Waals surface area (Å²) in [6, 6.07) is 10.5. The van der Waals surface area contributed by atoms with Gasteiger partial charge >= 0.3 is 17.9 Å². The number of hydrogen-bond acceptors (Lipinski definition) is 11. The number of nitrogens with zero attached hydrogens (tertiary/aromatic N) is 4. The summed E-state index contributed by atoms with van der Waals surface area (Å²) in [4.78, 5) is 52.0. The van der Waals surface area contributed by atoms with E-state index >= 15 is 4.79 Å². The zero-order chi connectivity index (χ0) is 41.5. The van der Waals surface area contributed by atoms with Crippen LogP contribution in [-0.2, 0) is 39.4 Å². The number of aliphatic imine (C=N–C) groups is 1. The van der Waals surface area contributed by atoms with Crippen LogP contribution in [0.4, 0.5) is 11.4 Å². The third kappa shape index (κ3) is 5.16. The first-order chi connectivity index (χ1) is 27.7. The SMILES string of the molecule is C=C1C([C@@](C[C@@H]2C=C(CC)C[N+](=C)C2)(C(=O)OC)c2cc3c(cc2OC)N(C)[C@H]2[C@@](O)(C(=O)OC)[C@H](OC(C)=O)[C@]4(CC)C=CCN5CC[C@]32[C@@H]54)=Nc2ccccc21. The van der Waals surface area contributed by atoms with Crippen molar-refractivity contribution in [3.8, 4) is 5.75 Å². The molecule has 2 fully saturated rings. The van der Waals surface area contributed by atoms with E-state index in [1.165, 1.54) is 26.7 Å². The van der Waals surface area contributed by atoms with Crippen molar-refractivity contribution in [2.24, 2.45) is 16.3 Å². The van der Waals surface area contributed by atoms with Gasteiger partial charge in [-0.2, -0.15) is 0 Å². The van der Waals surface area contributed by atoms with Gasteiger partial charge in [-0.1, -0.05) is 56.9 Å². The number of ether oxygens (including phenoxy) is 4. The second-order valence-electron chi connectivity index (χ2n) is 17.0. The lowest BCUT2D eigenvalue weighted by atomic mass is 9.47. The van der Waals surface area contributed by atoms with Crippen LogP contribution >= 0.6 is 0 Å². The third-order valence-corrected chi connectivity index (χ3v) is 14.3. The smallest absolute Gasteiger partial charge is 0.344 e. The number of likely N-dealkylation sites (N-methyl/N-ethyl adjacent to an activating group) is 1. The second-order valence-corrected chi connectivity index (χ2v) is 17.0. The highest BCUT2D eigenvalue weighted by atomic mass is 16.6. The Bertz CT molecular complexity index is 2230. The van der Waals surface area contributed by atoms with E-state index in [2.05, 4.69) is 37.3 Å². The number of rotatable bonds is 10. The maximum atomic E-state index is 15.2. The molecule has 0 radical (unpaired) electrons. The van der Waals surface area contributed by atoms with E-state index < -0.39 is 51.9 Å². The van der Waals surface area contributed by atoms with Crippen LogP contribution in [0, 0.1) is 11.3 Å². The number of para-hydroxylation sites is 1. The first-order valence-electron chi connectivity index (χ1n) is 20.3. The van der Waals surface area contributed by atoms with Crippen LogP contribution in [0.25, 0.3) is 5.57 Å². The van der Waals surface area contributed by atoms with E-state index in [1.54, 1.807) is 7.11 Å². The maximum Gasteiger partial charge on any atom is 0.344 e. The van der Waals surface area contributed by atoms with Crippen molar-refractivity contribution in [1.29, 1.82) is 0 Å². The van der Waals surface area contributed by atoms with E-state index in [0.29, 0.717) is 60.8 Å². The fourth-order valence-electron chi connectivity index (χ4n) is 12.2. The molecular weight excluding hydrogens is 737 g/mol. The number of methoxy groups -OCH3 is 3. The molecule has 1 spiro atoms. The van der Waals surface area contributed by atoms with Gasteiger partial charge in [0.2, 0.25) is 5.60 Å². The molecule has 0 bridgehead atoms. The average Bonchev–Trinajstić information content (AvgIpc) is 3.86. The standard InChI is InChI=1S/C46H55N4O8/c1-10-29-21-30(26-48(5)25-29)24-45(41(52)56-8,37-27(3)31-15-12-13-16-34(31)47-37)33-22-32-35(23-36(33)55-7)49(6)39-44(32)18-20-50-19-14-17-43(11-2,38(44)50)40(58-28(4)51)46(39,54)42(53)57-9/h12-17,21-23,30,38-40,54H,3,5,10-11,18-20,24-26H2,1-2,4,6-9H3/q+1/t30-,38-,39+,40+,43+,44+,45-,46-/m0/s1. The number of esters is 3. The van der Waals surface area contributed by atoms with Crippen LogP contribution in [0.15, 0.2) is 71.8 Å². The summed E-state index contributed by atoms with van der Waals surface area (Å²) in [6.07, 6.45) is 7.22. The summed E-state index contributed by atoms with van der Waals surface area (Å²) in [5, 5.41) is 13.3. The molecule has 0 unspecified atom stereocenters. The monoisotopic (exact) mass is 791 g/mol. The molecule has 2 aromatic carbocycles. The van der Waals surface area contributed by atoms with Gasteiger partial charge in [-0.15, -0.1) is 0 Å². The lowest BCUT2D eigenvalue weighted by Gasteiger charge is -2.63. The molecule has 1 saturated heterocycles. The van der Waals surface area contributed by atoms with Crippen LogP contribution in [-0.4, -0.2) is 123 Å². The Morgan fingerprint density at radius 1 is 1.10 bits per heavy atom. The summed E-state index contributed by atoms with van der Waals surface area (Å²) < 4.78 is 25.8. The first kappa shape index (κ1) is 39.7. The molecule has 1 aliphatic carbocycles. The number of carbonyl (C=O) groups excluding carboxylic acids is 3. The Morgan fingerprint density at radius 2 is 1.86 bits per heavy atom. The van der Waals surface area contributed by atoms with Gasteiger partial charge in [-0.05, 0) is 61.1 Å². The van der Waals surface area contributed by atoms with Crippen molar-refractivity contribution in [2.75, 3.05) is 59.5 Å². The number of anilines is 1. The summed E-state index contributed by atoms with van der Waals surface area (Å²) in [7, 11) is 6.08. The van der Waals surface area contributed by atoms with Crippen LogP contribution in [0.1, 0.15) is 63.1 Å². The Labute approximate surface area is 340 Å². The van der Waals surface area contributed by atoms with Crippen molar-refractivity contribution < 1.29 is 43.0 Å². The largest absolute Gasteiger partial charge is 0.496 e. The number of benzene rings is 2. The van der Waals surface area contributed by atoms with Crippen LogP contribution in [0.2, 0.25) is 0 Å². The number of aliphatic hydroxyl groups is 1. The molecule has 306 valence electrons. The topological polar surface area (TPSA) is 130 Å². The zero-order valence-corrected chi connectivity index (χ0v) is 34.7. The van der Waals surface area contributed by atoms with Gasteiger partial charge in [-0.3, -0.25) is 19.5 Å².